The Labute approximate surface area is 108 Å². The monoisotopic (exact) mass is 327 g/mol. The molecule has 0 fully saturated rings. The number of hydrogen-bond acceptors (Lipinski definition) is 4. The second kappa shape index (κ2) is 6.11. The molecular weight excluding hydrogens is 314 g/mol. The number of rotatable bonds is 6. The lowest BCUT2D eigenvalue weighted by atomic mass is 10.1. The Morgan fingerprint density at radius 3 is 2.75 bits per heavy atom. The molecule has 7 heteroatoms. The van der Waals surface area contributed by atoms with Crippen LogP contribution in [0.3, 0.4) is 0 Å². The molecule has 1 atom stereocenters. The average Bonchev–Trinajstić information content (AvgIpc) is 2.63. The molecule has 1 rings (SSSR count). The van der Waals surface area contributed by atoms with Crippen molar-refractivity contribution in [3.8, 4) is 0 Å². The van der Waals surface area contributed by atoms with Gasteiger partial charge in [-0.25, -0.2) is 13.1 Å². The maximum Gasteiger partial charge on any atom is 0.250 e. The molecule has 0 aromatic carbocycles. The third-order valence-electron chi connectivity index (χ3n) is 2.06. The van der Waals surface area contributed by atoms with Crippen LogP contribution in [0.5, 0.6) is 0 Å². The van der Waals surface area contributed by atoms with Gasteiger partial charge in [-0.3, -0.25) is 0 Å². The fraction of sp³-hybridized carbons (Fsp3) is 0.556. The van der Waals surface area contributed by atoms with Gasteiger partial charge in [-0.2, -0.15) is 0 Å². The van der Waals surface area contributed by atoms with Gasteiger partial charge >= 0.3 is 0 Å². The second-order valence-corrected chi connectivity index (χ2v) is 7.98. The van der Waals surface area contributed by atoms with Crippen LogP contribution in [0.15, 0.2) is 20.1 Å². The van der Waals surface area contributed by atoms with E-state index in [0.717, 1.165) is 3.79 Å². The third kappa shape index (κ3) is 4.14. The van der Waals surface area contributed by atoms with E-state index in [9.17, 15) is 8.42 Å². The van der Waals surface area contributed by atoms with Crippen LogP contribution in [0.2, 0.25) is 0 Å². The number of hydrogen-bond donors (Lipinski definition) is 2. The normalized spacial score (nSPS) is 13.9. The van der Waals surface area contributed by atoms with E-state index in [4.69, 9.17) is 5.11 Å². The molecule has 0 saturated carbocycles. The summed E-state index contributed by atoms with van der Waals surface area (Å²) in [5.41, 5.74) is 0. The SMILES string of the molecule is C[C@H](CCO)CNS(=O)(=O)c1ccc(Br)s1. The molecule has 0 aliphatic carbocycles. The van der Waals surface area contributed by atoms with Gasteiger partial charge in [-0.15, -0.1) is 11.3 Å². The molecule has 1 aromatic heterocycles. The Morgan fingerprint density at radius 2 is 2.25 bits per heavy atom. The summed E-state index contributed by atoms with van der Waals surface area (Å²) in [6, 6.07) is 3.27. The summed E-state index contributed by atoms with van der Waals surface area (Å²) in [6.07, 6.45) is 0.594. The summed E-state index contributed by atoms with van der Waals surface area (Å²) in [5, 5.41) is 8.71. The van der Waals surface area contributed by atoms with Gasteiger partial charge in [0.15, 0.2) is 0 Å². The molecule has 0 spiro atoms. The third-order valence-corrected chi connectivity index (χ3v) is 5.60. The lowest BCUT2D eigenvalue weighted by molar-refractivity contribution is 0.263. The Hall–Kier alpha value is 0.0500. The first-order valence-corrected chi connectivity index (χ1v) is 7.91. The summed E-state index contributed by atoms with van der Waals surface area (Å²) in [7, 11) is -3.40. The van der Waals surface area contributed by atoms with Gasteiger partial charge in [0.2, 0.25) is 10.0 Å². The lowest BCUT2D eigenvalue weighted by Crippen LogP contribution is -2.28. The Morgan fingerprint density at radius 1 is 1.56 bits per heavy atom. The van der Waals surface area contributed by atoms with Crippen LogP contribution in [0.4, 0.5) is 0 Å². The van der Waals surface area contributed by atoms with Crippen LogP contribution < -0.4 is 4.72 Å². The van der Waals surface area contributed by atoms with E-state index < -0.39 is 10.0 Å². The molecule has 4 nitrogen and oxygen atoms in total. The number of nitrogens with one attached hydrogen (secondary N) is 1. The summed E-state index contributed by atoms with van der Waals surface area (Å²) >= 11 is 4.40. The number of thiophene rings is 1. The Kier molecular flexibility index (Phi) is 5.39. The zero-order valence-corrected chi connectivity index (χ0v) is 12.0. The maximum absolute atomic E-state index is 11.8. The molecule has 0 radical (unpaired) electrons. The molecule has 0 bridgehead atoms. The molecule has 0 aliphatic heterocycles. The molecule has 0 unspecified atom stereocenters. The van der Waals surface area contributed by atoms with Gasteiger partial charge < -0.3 is 5.11 Å². The van der Waals surface area contributed by atoms with E-state index in [1.54, 1.807) is 12.1 Å². The van der Waals surface area contributed by atoms with E-state index >= 15 is 0 Å². The second-order valence-electron chi connectivity index (χ2n) is 3.53. The molecule has 92 valence electrons. The molecular formula is C9H14BrNO3S2. The lowest BCUT2D eigenvalue weighted by Gasteiger charge is -2.10. The van der Waals surface area contributed by atoms with Gasteiger partial charge in [0, 0.05) is 13.2 Å². The summed E-state index contributed by atoms with van der Waals surface area (Å²) in [4.78, 5) is 0. The van der Waals surface area contributed by atoms with E-state index in [1.165, 1.54) is 11.3 Å². The minimum atomic E-state index is -3.40. The Balaban J connectivity index is 2.59. The highest BCUT2D eigenvalue weighted by Crippen LogP contribution is 2.25. The van der Waals surface area contributed by atoms with Gasteiger partial charge in [0.05, 0.1) is 3.79 Å². The summed E-state index contributed by atoms with van der Waals surface area (Å²) < 4.78 is 27.2. The smallest absolute Gasteiger partial charge is 0.250 e. The first-order valence-electron chi connectivity index (χ1n) is 4.81. The van der Waals surface area contributed by atoms with Crippen molar-refractivity contribution in [1.29, 1.82) is 0 Å². The van der Waals surface area contributed by atoms with Crippen molar-refractivity contribution in [3.63, 3.8) is 0 Å². The molecule has 0 amide bonds. The Bertz CT molecular complexity index is 430. The van der Waals surface area contributed by atoms with Gasteiger partial charge in [-0.05, 0) is 40.4 Å². The fourth-order valence-corrected chi connectivity index (χ4v) is 4.31. The number of halogens is 1. The van der Waals surface area contributed by atoms with Crippen molar-refractivity contribution in [2.24, 2.45) is 5.92 Å². The van der Waals surface area contributed by atoms with Crippen molar-refractivity contribution in [2.45, 2.75) is 17.6 Å². The zero-order chi connectivity index (χ0) is 12.2. The average molecular weight is 328 g/mol. The minimum absolute atomic E-state index is 0.0768. The number of sulfonamides is 1. The van der Waals surface area contributed by atoms with Crippen LogP contribution in [0.25, 0.3) is 0 Å². The van der Waals surface area contributed by atoms with Crippen molar-refractivity contribution in [2.75, 3.05) is 13.2 Å². The molecule has 16 heavy (non-hydrogen) atoms. The van der Waals surface area contributed by atoms with Crippen LogP contribution in [0.1, 0.15) is 13.3 Å². The first kappa shape index (κ1) is 14.1. The van der Waals surface area contributed by atoms with Crippen molar-refractivity contribution in [3.05, 3.63) is 15.9 Å². The van der Waals surface area contributed by atoms with E-state index in [0.29, 0.717) is 17.2 Å². The predicted octanol–water partition coefficient (Wildman–Crippen LogP) is 1.81. The molecule has 0 saturated heterocycles. The van der Waals surface area contributed by atoms with Crippen LogP contribution in [-0.4, -0.2) is 26.7 Å². The highest BCUT2D eigenvalue weighted by molar-refractivity contribution is 9.11. The van der Waals surface area contributed by atoms with Crippen LogP contribution >= 0.6 is 27.3 Å². The fourth-order valence-electron chi connectivity index (χ4n) is 1.09. The molecule has 0 aliphatic rings. The number of aliphatic hydroxyl groups is 1. The van der Waals surface area contributed by atoms with Gasteiger partial charge in [0.1, 0.15) is 4.21 Å². The zero-order valence-electron chi connectivity index (χ0n) is 8.81. The molecule has 1 aromatic rings. The summed E-state index contributed by atoms with van der Waals surface area (Å²) in [5.74, 6) is 0.128. The maximum atomic E-state index is 11.8. The largest absolute Gasteiger partial charge is 0.396 e. The highest BCUT2D eigenvalue weighted by Gasteiger charge is 2.16. The summed E-state index contributed by atoms with van der Waals surface area (Å²) in [6.45, 7) is 2.31. The van der Waals surface area contributed by atoms with Crippen molar-refractivity contribution in [1.82, 2.24) is 4.72 Å². The topological polar surface area (TPSA) is 66.4 Å². The first-order chi connectivity index (χ1) is 7.45. The van der Waals surface area contributed by atoms with E-state index in [-0.39, 0.29) is 12.5 Å². The highest BCUT2D eigenvalue weighted by atomic mass is 79.9. The molecule has 2 N–H and O–H groups in total. The van der Waals surface area contributed by atoms with E-state index in [1.807, 2.05) is 6.92 Å². The molecule has 1 heterocycles. The van der Waals surface area contributed by atoms with Gasteiger partial charge in [0.25, 0.3) is 0 Å². The van der Waals surface area contributed by atoms with Gasteiger partial charge in [-0.1, -0.05) is 6.92 Å². The van der Waals surface area contributed by atoms with Crippen molar-refractivity contribution >= 4 is 37.3 Å². The van der Waals surface area contributed by atoms with E-state index in [2.05, 4.69) is 20.7 Å². The minimum Gasteiger partial charge on any atom is -0.396 e. The van der Waals surface area contributed by atoms with Crippen LogP contribution in [0, 0.1) is 5.92 Å². The quantitative estimate of drug-likeness (QED) is 0.837. The van der Waals surface area contributed by atoms with Crippen LogP contribution in [-0.2, 0) is 10.0 Å². The standard InChI is InChI=1S/C9H14BrNO3S2/c1-7(4-5-12)6-11-16(13,14)9-3-2-8(10)15-9/h2-3,7,11-12H,4-6H2,1H3/t7-/m1/s1. The predicted molar refractivity (Wildman–Crippen MR) is 68.1 cm³/mol. The van der Waals surface area contributed by atoms with Crippen molar-refractivity contribution < 1.29 is 13.5 Å². The number of aliphatic hydroxyl groups excluding tert-OH is 1.